The molecule has 0 aromatic heterocycles. The summed E-state index contributed by atoms with van der Waals surface area (Å²) < 4.78 is 29.4. The van der Waals surface area contributed by atoms with Crippen LogP contribution in [0.15, 0.2) is 24.5 Å². The summed E-state index contributed by atoms with van der Waals surface area (Å²) in [4.78, 5) is 0. The predicted molar refractivity (Wildman–Crippen MR) is 123 cm³/mol. The van der Waals surface area contributed by atoms with Crippen LogP contribution in [0.1, 0.15) is 51.9 Å². The maximum Gasteiger partial charge on any atom is 0.101 e. The molecule has 1 heterocycles. The highest BCUT2D eigenvalue weighted by Crippen LogP contribution is 2.43. The van der Waals surface area contributed by atoms with Crippen molar-refractivity contribution in [3.8, 4) is 0 Å². The molecule has 2 fully saturated rings. The molecule has 3 aliphatic rings. The van der Waals surface area contributed by atoms with E-state index in [-0.39, 0.29) is 18.3 Å². The summed E-state index contributed by atoms with van der Waals surface area (Å²) in [5, 5.41) is 0. The van der Waals surface area contributed by atoms with Crippen LogP contribution < -0.4 is 0 Å². The minimum Gasteiger partial charge on any atom is -0.501 e. The van der Waals surface area contributed by atoms with Crippen LogP contribution in [0, 0.1) is 29.6 Å². The molecular formula is C26H44O5. The van der Waals surface area contributed by atoms with Crippen LogP contribution in [-0.4, -0.2) is 59.5 Å². The van der Waals surface area contributed by atoms with E-state index in [0.717, 1.165) is 50.1 Å². The van der Waals surface area contributed by atoms with Crippen LogP contribution in [0.5, 0.6) is 0 Å². The molecule has 8 atom stereocenters. The van der Waals surface area contributed by atoms with Crippen LogP contribution in [0.2, 0.25) is 0 Å². The second-order valence-electron chi connectivity index (χ2n) is 9.77. The Labute approximate surface area is 189 Å². The summed E-state index contributed by atoms with van der Waals surface area (Å²) >= 11 is 0. The molecule has 0 amide bonds. The molecule has 1 saturated carbocycles. The van der Waals surface area contributed by atoms with E-state index in [1.54, 1.807) is 21.3 Å². The number of fused-ring (bicyclic) bond motifs is 1. The molecule has 5 nitrogen and oxygen atoms in total. The van der Waals surface area contributed by atoms with E-state index in [0.29, 0.717) is 24.4 Å². The van der Waals surface area contributed by atoms with Crippen LogP contribution in [0.25, 0.3) is 0 Å². The summed E-state index contributed by atoms with van der Waals surface area (Å²) in [6.07, 6.45) is 12.1. The summed E-state index contributed by atoms with van der Waals surface area (Å²) in [6, 6.07) is 0. The van der Waals surface area contributed by atoms with Gasteiger partial charge in [-0.15, -0.1) is 6.58 Å². The van der Waals surface area contributed by atoms with E-state index in [4.69, 9.17) is 23.7 Å². The van der Waals surface area contributed by atoms with E-state index in [2.05, 4.69) is 19.6 Å². The SMILES string of the molecule is C=CC(OCC1CC(OC)=CC(OC)C1)[C@H](CC1COC[C@@H]2CC(CC)CCC12)OC. The Kier molecular flexibility index (Phi) is 9.89. The van der Waals surface area contributed by atoms with Crippen LogP contribution in [0.4, 0.5) is 0 Å². The van der Waals surface area contributed by atoms with Crippen molar-refractivity contribution in [3.63, 3.8) is 0 Å². The molecule has 6 unspecified atom stereocenters. The maximum absolute atomic E-state index is 6.36. The third kappa shape index (κ3) is 6.56. The van der Waals surface area contributed by atoms with Gasteiger partial charge in [0.15, 0.2) is 0 Å². The van der Waals surface area contributed by atoms with Gasteiger partial charge in [-0.25, -0.2) is 0 Å². The first kappa shape index (κ1) is 24.8. The van der Waals surface area contributed by atoms with Crippen molar-refractivity contribution in [2.24, 2.45) is 29.6 Å². The molecule has 31 heavy (non-hydrogen) atoms. The highest BCUT2D eigenvalue weighted by atomic mass is 16.5. The Bertz CT molecular complexity index is 576. The smallest absolute Gasteiger partial charge is 0.101 e. The Morgan fingerprint density at radius 2 is 2.00 bits per heavy atom. The Hall–Kier alpha value is -0.880. The Morgan fingerprint density at radius 1 is 1.16 bits per heavy atom. The largest absolute Gasteiger partial charge is 0.501 e. The van der Waals surface area contributed by atoms with Crippen molar-refractivity contribution in [1.29, 1.82) is 0 Å². The van der Waals surface area contributed by atoms with Gasteiger partial charge >= 0.3 is 0 Å². The number of ether oxygens (including phenoxy) is 5. The lowest BCUT2D eigenvalue weighted by Crippen LogP contribution is -2.43. The van der Waals surface area contributed by atoms with Gasteiger partial charge in [-0.1, -0.05) is 25.8 Å². The van der Waals surface area contributed by atoms with Crippen LogP contribution in [0.3, 0.4) is 0 Å². The van der Waals surface area contributed by atoms with Gasteiger partial charge in [0, 0.05) is 33.9 Å². The molecule has 1 aliphatic heterocycles. The lowest BCUT2D eigenvalue weighted by atomic mass is 9.66. The van der Waals surface area contributed by atoms with Gasteiger partial charge in [0.05, 0.1) is 31.7 Å². The van der Waals surface area contributed by atoms with Crippen molar-refractivity contribution in [3.05, 3.63) is 24.5 Å². The van der Waals surface area contributed by atoms with Gasteiger partial charge in [-0.05, 0) is 61.3 Å². The van der Waals surface area contributed by atoms with Crippen molar-refractivity contribution in [1.82, 2.24) is 0 Å². The monoisotopic (exact) mass is 436 g/mol. The quantitative estimate of drug-likeness (QED) is 0.426. The van der Waals surface area contributed by atoms with Crippen molar-refractivity contribution in [2.45, 2.75) is 70.2 Å². The molecule has 5 heteroatoms. The maximum atomic E-state index is 6.36. The zero-order valence-electron chi connectivity index (χ0n) is 20.1. The number of hydrogen-bond acceptors (Lipinski definition) is 5. The van der Waals surface area contributed by atoms with Crippen LogP contribution >= 0.6 is 0 Å². The van der Waals surface area contributed by atoms with E-state index in [9.17, 15) is 0 Å². The average Bonchev–Trinajstić information content (AvgIpc) is 2.82. The Balaban J connectivity index is 1.55. The van der Waals surface area contributed by atoms with Crippen molar-refractivity contribution in [2.75, 3.05) is 41.2 Å². The predicted octanol–water partition coefficient (Wildman–Crippen LogP) is 5.01. The fourth-order valence-corrected chi connectivity index (χ4v) is 6.02. The lowest BCUT2D eigenvalue weighted by molar-refractivity contribution is -0.0971. The topological polar surface area (TPSA) is 46.2 Å². The molecular weight excluding hydrogens is 392 g/mol. The molecule has 0 N–H and O–H groups in total. The zero-order valence-corrected chi connectivity index (χ0v) is 20.1. The summed E-state index contributed by atoms with van der Waals surface area (Å²) in [6.45, 7) is 8.82. The molecule has 3 rings (SSSR count). The van der Waals surface area contributed by atoms with Gasteiger partial charge < -0.3 is 23.7 Å². The average molecular weight is 437 g/mol. The normalized spacial score (nSPS) is 35.5. The summed E-state index contributed by atoms with van der Waals surface area (Å²) in [7, 11) is 5.27. The Morgan fingerprint density at radius 3 is 2.68 bits per heavy atom. The van der Waals surface area contributed by atoms with E-state index >= 15 is 0 Å². The second kappa shape index (κ2) is 12.4. The van der Waals surface area contributed by atoms with Gasteiger partial charge in [0.25, 0.3) is 0 Å². The zero-order chi connectivity index (χ0) is 22.2. The van der Waals surface area contributed by atoms with Crippen molar-refractivity contribution < 1.29 is 23.7 Å². The number of methoxy groups -OCH3 is 3. The van der Waals surface area contributed by atoms with E-state index in [1.165, 1.54) is 25.7 Å². The van der Waals surface area contributed by atoms with Crippen molar-refractivity contribution >= 4 is 0 Å². The molecule has 2 aliphatic carbocycles. The first-order chi connectivity index (χ1) is 15.1. The molecule has 1 saturated heterocycles. The summed E-state index contributed by atoms with van der Waals surface area (Å²) in [5.41, 5.74) is 0. The highest BCUT2D eigenvalue weighted by Gasteiger charge is 2.40. The second-order valence-corrected chi connectivity index (χ2v) is 9.77. The van der Waals surface area contributed by atoms with Gasteiger partial charge in [0.2, 0.25) is 0 Å². The fourth-order valence-electron chi connectivity index (χ4n) is 6.02. The van der Waals surface area contributed by atoms with E-state index < -0.39 is 0 Å². The fraction of sp³-hybridized carbons (Fsp3) is 0.846. The third-order valence-corrected chi connectivity index (χ3v) is 7.95. The number of hydrogen-bond donors (Lipinski definition) is 0. The first-order valence-corrected chi connectivity index (χ1v) is 12.2. The highest BCUT2D eigenvalue weighted by molar-refractivity contribution is 5.05. The van der Waals surface area contributed by atoms with Gasteiger partial charge in [-0.3, -0.25) is 0 Å². The number of allylic oxidation sites excluding steroid dienone is 1. The first-order valence-electron chi connectivity index (χ1n) is 12.2. The van der Waals surface area contributed by atoms with Gasteiger partial charge in [0.1, 0.15) is 6.10 Å². The summed E-state index contributed by atoms with van der Waals surface area (Å²) in [5.74, 6) is 4.25. The minimum absolute atomic E-state index is 0.00741. The standard InChI is InChI=1S/C26H44O5/c1-6-18-8-9-24-20(10-18)16-30-17-21(24)13-26(29-5)25(7-2)31-15-19-11-22(27-3)14-23(12-19)28-4/h7,14,18-22,24-26H,2,6,8-13,15-17H2,1,3-5H3/t18?,19?,20-,21?,22?,24?,25?,26-/m0/s1. The lowest BCUT2D eigenvalue weighted by Gasteiger charge is -2.45. The minimum atomic E-state index is -0.116. The molecule has 0 spiro atoms. The molecule has 178 valence electrons. The molecule has 0 radical (unpaired) electrons. The number of rotatable bonds is 11. The van der Waals surface area contributed by atoms with Gasteiger partial charge in [-0.2, -0.15) is 0 Å². The molecule has 0 aromatic carbocycles. The van der Waals surface area contributed by atoms with E-state index in [1.807, 2.05) is 6.08 Å². The van der Waals surface area contributed by atoms with Crippen LogP contribution in [-0.2, 0) is 23.7 Å². The molecule has 0 aromatic rings. The molecule has 0 bridgehead atoms. The third-order valence-electron chi connectivity index (χ3n) is 7.95.